The third-order valence-electron chi connectivity index (χ3n) is 6.97. The molecular formula is C31H35Cl2N3O6S. The predicted octanol–water partition coefficient (Wildman–Crippen LogP) is 5.43. The number of hydrogen-bond donors (Lipinski definition) is 1. The minimum atomic E-state index is -3.67. The SMILES string of the molecule is CCCNC(=O)[C@@H](Cc1ccccc1)N(Cc1ccc(Cl)cc1Cl)C(=O)CCCN(c1ccc2c(c1)OCO2)S(C)(=O)=O. The molecule has 3 aromatic carbocycles. The lowest BCUT2D eigenvalue weighted by Crippen LogP contribution is -2.50. The van der Waals surface area contributed by atoms with E-state index in [1.54, 1.807) is 36.4 Å². The molecule has 2 amide bonds. The number of fused-ring (bicyclic) bond motifs is 1. The molecule has 1 N–H and O–H groups in total. The summed E-state index contributed by atoms with van der Waals surface area (Å²) in [6, 6.07) is 18.6. The van der Waals surface area contributed by atoms with Gasteiger partial charge in [0.05, 0.1) is 11.9 Å². The summed E-state index contributed by atoms with van der Waals surface area (Å²) in [4.78, 5) is 29.0. The van der Waals surface area contributed by atoms with Gasteiger partial charge in [-0.2, -0.15) is 0 Å². The van der Waals surface area contributed by atoms with Gasteiger partial charge in [0.2, 0.25) is 28.6 Å². The van der Waals surface area contributed by atoms with Gasteiger partial charge >= 0.3 is 0 Å². The van der Waals surface area contributed by atoms with Crippen molar-refractivity contribution in [2.24, 2.45) is 0 Å². The van der Waals surface area contributed by atoms with Crippen LogP contribution in [-0.2, 0) is 32.6 Å². The van der Waals surface area contributed by atoms with Gasteiger partial charge in [0, 0.05) is 48.6 Å². The highest BCUT2D eigenvalue weighted by Gasteiger charge is 2.31. The van der Waals surface area contributed by atoms with E-state index >= 15 is 0 Å². The number of amides is 2. The lowest BCUT2D eigenvalue weighted by molar-refractivity contribution is -0.141. The van der Waals surface area contributed by atoms with E-state index in [0.717, 1.165) is 18.2 Å². The van der Waals surface area contributed by atoms with Crippen molar-refractivity contribution in [1.29, 1.82) is 0 Å². The fourth-order valence-corrected chi connectivity index (χ4v) is 6.22. The van der Waals surface area contributed by atoms with Gasteiger partial charge < -0.3 is 19.7 Å². The van der Waals surface area contributed by atoms with Crippen LogP contribution in [0.1, 0.15) is 37.3 Å². The molecule has 9 nitrogen and oxygen atoms in total. The van der Waals surface area contributed by atoms with Crippen LogP contribution in [0.2, 0.25) is 10.0 Å². The summed E-state index contributed by atoms with van der Waals surface area (Å²) in [5, 5.41) is 3.77. The van der Waals surface area contributed by atoms with E-state index in [1.807, 2.05) is 37.3 Å². The fourth-order valence-electron chi connectivity index (χ4n) is 4.80. The number of sulfonamides is 1. The Bertz CT molecular complexity index is 1540. The van der Waals surface area contributed by atoms with Crippen molar-refractivity contribution in [2.75, 3.05) is 30.4 Å². The minimum Gasteiger partial charge on any atom is -0.454 e. The van der Waals surface area contributed by atoms with Crippen LogP contribution in [0.3, 0.4) is 0 Å². The Hall–Kier alpha value is -3.47. The van der Waals surface area contributed by atoms with Crippen molar-refractivity contribution in [3.63, 3.8) is 0 Å². The highest BCUT2D eigenvalue weighted by molar-refractivity contribution is 7.92. The summed E-state index contributed by atoms with van der Waals surface area (Å²) in [5.74, 6) is 0.407. The van der Waals surface area contributed by atoms with Crippen LogP contribution in [0.4, 0.5) is 5.69 Å². The zero-order valence-corrected chi connectivity index (χ0v) is 26.4. The molecule has 1 atom stereocenters. The second-order valence-corrected chi connectivity index (χ2v) is 13.0. The Balaban J connectivity index is 1.59. The molecule has 0 bridgehead atoms. The Kier molecular flexibility index (Phi) is 11.2. The first kappa shape index (κ1) is 32.4. The van der Waals surface area contributed by atoms with Crippen molar-refractivity contribution >= 4 is 50.7 Å². The average molecular weight is 649 g/mol. The number of hydrogen-bond acceptors (Lipinski definition) is 6. The lowest BCUT2D eigenvalue weighted by atomic mass is 10.0. The second-order valence-electron chi connectivity index (χ2n) is 10.2. The van der Waals surface area contributed by atoms with Gasteiger partial charge in [0.1, 0.15) is 6.04 Å². The Morgan fingerprint density at radius 2 is 1.74 bits per heavy atom. The molecule has 0 spiro atoms. The number of nitrogens with zero attached hydrogens (tertiary/aromatic N) is 2. The first-order valence-electron chi connectivity index (χ1n) is 14.0. The molecule has 43 heavy (non-hydrogen) atoms. The number of anilines is 1. The van der Waals surface area contributed by atoms with E-state index in [9.17, 15) is 18.0 Å². The fraction of sp³-hybridized carbons (Fsp3) is 0.355. The predicted molar refractivity (Wildman–Crippen MR) is 168 cm³/mol. The number of halogens is 2. The van der Waals surface area contributed by atoms with Crippen LogP contribution in [-0.4, -0.2) is 57.3 Å². The lowest BCUT2D eigenvalue weighted by Gasteiger charge is -2.32. The van der Waals surface area contributed by atoms with Gasteiger partial charge in [0.25, 0.3) is 0 Å². The van der Waals surface area contributed by atoms with Gasteiger partial charge in [-0.3, -0.25) is 13.9 Å². The van der Waals surface area contributed by atoms with Gasteiger partial charge in [-0.1, -0.05) is 66.5 Å². The molecule has 0 aromatic heterocycles. The standard InChI is InChI=1S/C31H35Cl2N3O6S/c1-3-15-34-31(38)27(17-22-8-5-4-6-9-22)35(20-23-11-12-24(32)18-26(23)33)30(37)10-7-16-36(43(2,39)40)25-13-14-28-29(19-25)42-21-41-28/h4-6,8-9,11-14,18-19,27H,3,7,10,15-17,20-21H2,1-2H3,(H,34,38)/t27-/m1/s1. The second kappa shape index (κ2) is 14.8. The van der Waals surface area contributed by atoms with E-state index < -0.39 is 16.1 Å². The first-order chi connectivity index (χ1) is 20.6. The van der Waals surface area contributed by atoms with Crippen LogP contribution in [0.15, 0.2) is 66.7 Å². The largest absolute Gasteiger partial charge is 0.454 e. The molecule has 0 fully saturated rings. The van der Waals surface area contributed by atoms with E-state index in [-0.39, 0.29) is 44.5 Å². The smallest absolute Gasteiger partial charge is 0.243 e. The summed E-state index contributed by atoms with van der Waals surface area (Å²) in [6.07, 6.45) is 2.35. The maximum absolute atomic E-state index is 13.9. The molecule has 4 rings (SSSR count). The van der Waals surface area contributed by atoms with E-state index in [4.69, 9.17) is 32.7 Å². The Labute approximate surface area is 262 Å². The minimum absolute atomic E-state index is 0.00583. The van der Waals surface area contributed by atoms with Crippen molar-refractivity contribution in [3.05, 3.63) is 87.9 Å². The highest BCUT2D eigenvalue weighted by Crippen LogP contribution is 2.36. The van der Waals surface area contributed by atoms with Crippen LogP contribution < -0.4 is 19.1 Å². The van der Waals surface area contributed by atoms with Gasteiger partial charge in [-0.25, -0.2) is 8.42 Å². The zero-order valence-electron chi connectivity index (χ0n) is 24.1. The Morgan fingerprint density at radius 3 is 2.44 bits per heavy atom. The van der Waals surface area contributed by atoms with Crippen molar-refractivity contribution in [1.82, 2.24) is 10.2 Å². The van der Waals surface area contributed by atoms with E-state index in [1.165, 1.54) is 9.21 Å². The Morgan fingerprint density at radius 1 is 1.00 bits per heavy atom. The zero-order chi connectivity index (χ0) is 31.0. The number of rotatable bonds is 14. The molecule has 12 heteroatoms. The maximum Gasteiger partial charge on any atom is 0.243 e. The molecule has 1 aliphatic heterocycles. The van der Waals surface area contributed by atoms with E-state index in [0.29, 0.717) is 45.8 Å². The molecule has 0 radical (unpaired) electrons. The number of nitrogens with one attached hydrogen (secondary N) is 1. The summed E-state index contributed by atoms with van der Waals surface area (Å²) < 4.78 is 37.4. The van der Waals surface area contributed by atoms with Crippen molar-refractivity contribution < 1.29 is 27.5 Å². The normalized spacial score (nSPS) is 12.9. The molecule has 0 saturated carbocycles. The van der Waals surface area contributed by atoms with Gasteiger partial charge in [-0.15, -0.1) is 0 Å². The highest BCUT2D eigenvalue weighted by atomic mass is 35.5. The average Bonchev–Trinajstić information content (AvgIpc) is 3.44. The summed E-state index contributed by atoms with van der Waals surface area (Å²) >= 11 is 12.6. The van der Waals surface area contributed by atoms with Crippen LogP contribution in [0.5, 0.6) is 11.5 Å². The van der Waals surface area contributed by atoms with Crippen molar-refractivity contribution in [3.8, 4) is 11.5 Å². The molecular weight excluding hydrogens is 613 g/mol. The molecule has 1 aliphatic rings. The molecule has 1 heterocycles. The van der Waals surface area contributed by atoms with Crippen LogP contribution in [0.25, 0.3) is 0 Å². The third kappa shape index (κ3) is 8.78. The maximum atomic E-state index is 13.9. The summed E-state index contributed by atoms with van der Waals surface area (Å²) in [7, 11) is -3.67. The first-order valence-corrected chi connectivity index (χ1v) is 16.6. The molecule has 0 aliphatic carbocycles. The number of ether oxygens (including phenoxy) is 2. The molecule has 0 unspecified atom stereocenters. The van der Waals surface area contributed by atoms with Crippen LogP contribution in [0, 0.1) is 0 Å². The van der Waals surface area contributed by atoms with E-state index in [2.05, 4.69) is 5.32 Å². The molecule has 230 valence electrons. The molecule has 0 saturated heterocycles. The number of carbonyl (C=O) groups is 2. The molecule has 3 aromatic rings. The van der Waals surface area contributed by atoms with Gasteiger partial charge in [0.15, 0.2) is 11.5 Å². The van der Waals surface area contributed by atoms with Gasteiger partial charge in [-0.05, 0) is 48.2 Å². The number of carbonyl (C=O) groups excluding carboxylic acids is 2. The van der Waals surface area contributed by atoms with Crippen molar-refractivity contribution in [2.45, 2.75) is 45.2 Å². The third-order valence-corrected chi connectivity index (χ3v) is 8.75. The summed E-state index contributed by atoms with van der Waals surface area (Å²) in [6.45, 7) is 2.61. The quantitative estimate of drug-likeness (QED) is 0.250. The van der Waals surface area contributed by atoms with Crippen LogP contribution >= 0.6 is 23.2 Å². The summed E-state index contributed by atoms with van der Waals surface area (Å²) in [5.41, 5.74) is 1.94. The topological polar surface area (TPSA) is 105 Å². The number of benzene rings is 3. The monoisotopic (exact) mass is 647 g/mol.